The van der Waals surface area contributed by atoms with Gasteiger partial charge in [0.1, 0.15) is 5.54 Å². The summed E-state index contributed by atoms with van der Waals surface area (Å²) in [4.78, 5) is 41.4. The summed E-state index contributed by atoms with van der Waals surface area (Å²) in [6.07, 6.45) is 7.68. The molecule has 0 aromatic heterocycles. The largest absolute Gasteiger partial charge is 0.327 e. The summed E-state index contributed by atoms with van der Waals surface area (Å²) in [6.45, 7) is 2.67. The van der Waals surface area contributed by atoms with Gasteiger partial charge in [-0.1, -0.05) is 12.8 Å². The molecule has 2 saturated heterocycles. The number of imide groups is 1. The van der Waals surface area contributed by atoms with Crippen LogP contribution in [0.15, 0.2) is 0 Å². The molecule has 3 unspecified atom stereocenters. The predicted molar refractivity (Wildman–Crippen MR) is 92.9 cm³/mol. The number of rotatable bonds is 4. The van der Waals surface area contributed by atoms with E-state index in [0.717, 1.165) is 25.8 Å². The normalized spacial score (nSPS) is 41.0. The van der Waals surface area contributed by atoms with E-state index in [0.29, 0.717) is 11.8 Å². The maximum absolute atomic E-state index is 13.3. The zero-order valence-electron chi connectivity index (χ0n) is 15.3. The maximum atomic E-state index is 13.3. The van der Waals surface area contributed by atoms with Crippen molar-refractivity contribution in [2.45, 2.75) is 63.5 Å². The van der Waals surface area contributed by atoms with Gasteiger partial charge in [0.25, 0.3) is 5.91 Å². The van der Waals surface area contributed by atoms with Gasteiger partial charge >= 0.3 is 6.03 Å². The number of fused-ring (bicyclic) bond motifs is 3. The van der Waals surface area contributed by atoms with E-state index in [-0.39, 0.29) is 36.2 Å². The first kappa shape index (κ1) is 17.0. The van der Waals surface area contributed by atoms with Crippen LogP contribution >= 0.6 is 0 Å². The predicted octanol–water partition coefficient (Wildman–Crippen LogP) is 1.79. The smallest absolute Gasteiger partial charge is 0.313 e. The second-order valence-electron chi connectivity index (χ2n) is 8.62. The summed E-state index contributed by atoms with van der Waals surface area (Å²) in [5.41, 5.74) is -0.787. The van der Waals surface area contributed by atoms with Crippen molar-refractivity contribution in [3.05, 3.63) is 0 Å². The number of Topliss-reactive ketones (excluding diaryl/α,β-unsaturated/α-hetero) is 1. The topological polar surface area (TPSA) is 69.7 Å². The highest BCUT2D eigenvalue weighted by Gasteiger charge is 2.60. The molecule has 1 N–H and O–H groups in total. The van der Waals surface area contributed by atoms with Crippen LogP contribution in [0.4, 0.5) is 4.79 Å². The Labute approximate surface area is 149 Å². The highest BCUT2D eigenvalue weighted by Crippen LogP contribution is 2.52. The van der Waals surface area contributed by atoms with Gasteiger partial charge in [-0.15, -0.1) is 0 Å². The van der Waals surface area contributed by atoms with Crippen LogP contribution in [0.5, 0.6) is 0 Å². The first-order chi connectivity index (χ1) is 11.9. The van der Waals surface area contributed by atoms with E-state index in [1.165, 1.54) is 30.6 Å². The van der Waals surface area contributed by atoms with E-state index < -0.39 is 5.54 Å². The standard InChI is InChI=1S/C19H29N3O3/c1-19(14-10-12-5-7-13(14)8-6-12)17(24)22(18(25)21(19)2)11-16(23)15-4-3-9-20-15/h12-15,20H,3-11H2,1-2H3. The highest BCUT2D eigenvalue weighted by molar-refractivity contribution is 6.09. The molecule has 6 nitrogen and oxygen atoms in total. The number of amides is 3. The van der Waals surface area contributed by atoms with Crippen LogP contribution < -0.4 is 5.32 Å². The molecule has 3 saturated carbocycles. The molecule has 0 aromatic carbocycles. The lowest BCUT2D eigenvalue weighted by Gasteiger charge is -2.49. The summed E-state index contributed by atoms with van der Waals surface area (Å²) in [5.74, 6) is 1.25. The number of carbonyl (C=O) groups is 3. The number of hydrogen-bond donors (Lipinski definition) is 1. The Morgan fingerprint density at radius 3 is 2.48 bits per heavy atom. The third-order valence-electron chi connectivity index (χ3n) is 7.43. The first-order valence-corrected chi connectivity index (χ1v) is 9.78. The summed E-state index contributed by atoms with van der Waals surface area (Å²) in [5, 5.41) is 3.16. The summed E-state index contributed by atoms with van der Waals surface area (Å²) in [7, 11) is 1.74. The van der Waals surface area contributed by atoms with Gasteiger partial charge in [-0.3, -0.25) is 14.5 Å². The summed E-state index contributed by atoms with van der Waals surface area (Å²) < 4.78 is 0. The highest BCUT2D eigenvalue weighted by atomic mass is 16.2. The van der Waals surface area contributed by atoms with Crippen LogP contribution in [0.1, 0.15) is 51.9 Å². The molecule has 2 heterocycles. The number of nitrogens with zero attached hydrogens (tertiary/aromatic N) is 2. The molecule has 5 rings (SSSR count). The maximum Gasteiger partial charge on any atom is 0.327 e. The average Bonchev–Trinajstić information content (AvgIpc) is 3.23. The average molecular weight is 347 g/mol. The van der Waals surface area contributed by atoms with Crippen molar-refractivity contribution < 1.29 is 14.4 Å². The summed E-state index contributed by atoms with van der Waals surface area (Å²) in [6, 6.07) is -0.510. The van der Waals surface area contributed by atoms with Crippen LogP contribution in [0.3, 0.4) is 0 Å². The number of carbonyl (C=O) groups excluding carboxylic acids is 3. The van der Waals surface area contributed by atoms with Crippen molar-refractivity contribution in [1.82, 2.24) is 15.1 Å². The third-order valence-corrected chi connectivity index (χ3v) is 7.43. The fourth-order valence-corrected chi connectivity index (χ4v) is 5.72. The van der Waals surface area contributed by atoms with Gasteiger partial charge in [0, 0.05) is 7.05 Å². The van der Waals surface area contributed by atoms with E-state index >= 15 is 0 Å². The van der Waals surface area contributed by atoms with Gasteiger partial charge in [0.2, 0.25) is 0 Å². The minimum absolute atomic E-state index is 0.0398. The van der Waals surface area contributed by atoms with E-state index in [2.05, 4.69) is 5.32 Å². The molecule has 0 aromatic rings. The second kappa shape index (κ2) is 6.08. The van der Waals surface area contributed by atoms with Gasteiger partial charge < -0.3 is 10.2 Å². The van der Waals surface area contributed by atoms with E-state index in [1.54, 1.807) is 11.9 Å². The third kappa shape index (κ3) is 2.52. The summed E-state index contributed by atoms with van der Waals surface area (Å²) >= 11 is 0. The molecule has 2 aliphatic heterocycles. The van der Waals surface area contributed by atoms with E-state index in [4.69, 9.17) is 0 Å². The van der Waals surface area contributed by atoms with Gasteiger partial charge in [-0.05, 0) is 63.3 Å². The Morgan fingerprint density at radius 2 is 1.92 bits per heavy atom. The Morgan fingerprint density at radius 1 is 1.20 bits per heavy atom. The molecule has 25 heavy (non-hydrogen) atoms. The van der Waals surface area contributed by atoms with Crippen LogP contribution in [0.2, 0.25) is 0 Å². The number of urea groups is 1. The molecule has 3 atom stereocenters. The zero-order chi connectivity index (χ0) is 17.8. The molecule has 5 fully saturated rings. The molecular formula is C19H29N3O3. The Bertz CT molecular complexity index is 593. The zero-order valence-corrected chi connectivity index (χ0v) is 15.3. The van der Waals surface area contributed by atoms with Crippen molar-refractivity contribution in [3.8, 4) is 0 Å². The fourth-order valence-electron chi connectivity index (χ4n) is 5.72. The van der Waals surface area contributed by atoms with Gasteiger partial charge in [-0.2, -0.15) is 0 Å². The molecule has 2 bridgehead atoms. The van der Waals surface area contributed by atoms with Crippen molar-refractivity contribution in [1.29, 1.82) is 0 Å². The molecule has 6 heteroatoms. The van der Waals surface area contributed by atoms with Crippen LogP contribution in [-0.4, -0.2) is 59.2 Å². The lowest BCUT2D eigenvalue weighted by atomic mass is 9.59. The number of likely N-dealkylation sites (N-methyl/N-ethyl adjacent to an activating group) is 1. The first-order valence-electron chi connectivity index (χ1n) is 9.78. The van der Waals surface area contributed by atoms with Crippen LogP contribution in [0, 0.1) is 17.8 Å². The minimum Gasteiger partial charge on any atom is -0.313 e. The van der Waals surface area contributed by atoms with Gasteiger partial charge in [0.15, 0.2) is 5.78 Å². The van der Waals surface area contributed by atoms with Crippen molar-refractivity contribution >= 4 is 17.7 Å². The van der Waals surface area contributed by atoms with Crippen molar-refractivity contribution in [2.24, 2.45) is 17.8 Å². The van der Waals surface area contributed by atoms with E-state index in [1.807, 2.05) is 6.92 Å². The minimum atomic E-state index is -0.787. The van der Waals surface area contributed by atoms with E-state index in [9.17, 15) is 14.4 Å². The number of hydrogen-bond acceptors (Lipinski definition) is 4. The number of ketones is 1. The molecule has 5 aliphatic rings. The lowest BCUT2D eigenvalue weighted by molar-refractivity contribution is -0.140. The monoisotopic (exact) mass is 347 g/mol. The quantitative estimate of drug-likeness (QED) is 0.787. The Balaban J connectivity index is 1.54. The van der Waals surface area contributed by atoms with Crippen molar-refractivity contribution in [2.75, 3.05) is 20.1 Å². The molecule has 3 amide bonds. The number of nitrogens with one attached hydrogen (secondary N) is 1. The SMILES string of the molecule is CN1C(=O)N(CC(=O)C2CCCN2)C(=O)C1(C)C1CC2CCC1CC2. The second-order valence-corrected chi connectivity index (χ2v) is 8.62. The van der Waals surface area contributed by atoms with Crippen molar-refractivity contribution in [3.63, 3.8) is 0 Å². The lowest BCUT2D eigenvalue weighted by Crippen LogP contribution is -2.56. The molecule has 138 valence electrons. The Kier molecular flexibility index (Phi) is 4.13. The molecule has 0 radical (unpaired) electrons. The van der Waals surface area contributed by atoms with Crippen LogP contribution in [0.25, 0.3) is 0 Å². The van der Waals surface area contributed by atoms with Gasteiger partial charge in [-0.25, -0.2) is 4.79 Å². The van der Waals surface area contributed by atoms with Crippen LogP contribution in [-0.2, 0) is 9.59 Å². The molecular weight excluding hydrogens is 318 g/mol. The van der Waals surface area contributed by atoms with Gasteiger partial charge in [0.05, 0.1) is 12.6 Å². The molecule has 0 spiro atoms. The fraction of sp³-hybridized carbons (Fsp3) is 0.842. The molecule has 3 aliphatic carbocycles. The Hall–Kier alpha value is -1.43.